The highest BCUT2D eigenvalue weighted by molar-refractivity contribution is 5.01. The Morgan fingerprint density at radius 3 is 2.35 bits per heavy atom. The van der Waals surface area contributed by atoms with Crippen LogP contribution in [0.15, 0.2) is 6.20 Å². The molecule has 98 valence electrons. The first-order chi connectivity index (χ1) is 8.36. The fourth-order valence-electron chi connectivity index (χ4n) is 2.09. The minimum Gasteiger partial charge on any atom is -0.348 e. The summed E-state index contributed by atoms with van der Waals surface area (Å²) in [5.41, 5.74) is 1.26. The van der Waals surface area contributed by atoms with Crippen molar-refractivity contribution in [2.45, 2.75) is 78.1 Å². The first-order valence-electron chi connectivity index (χ1n) is 7.40. The highest BCUT2D eigenvalue weighted by atomic mass is 14.9. The van der Waals surface area contributed by atoms with Gasteiger partial charge in [-0.3, -0.25) is 0 Å². The van der Waals surface area contributed by atoms with Crippen LogP contribution in [0.4, 0.5) is 0 Å². The van der Waals surface area contributed by atoms with Crippen LogP contribution in [-0.4, -0.2) is 9.97 Å². The number of nitrogens with zero attached hydrogens (tertiary/aromatic N) is 1. The minimum absolute atomic E-state index is 1.10. The standard InChI is InChI=1S/C15H28N2/c1-3-5-7-8-9-10-11-14-13-16-15(17-14)12-6-4-2/h13H,3-12H2,1-2H3,(H,16,17). The van der Waals surface area contributed by atoms with Crippen LogP contribution in [0.5, 0.6) is 0 Å². The summed E-state index contributed by atoms with van der Waals surface area (Å²) >= 11 is 0. The third-order valence-electron chi connectivity index (χ3n) is 3.24. The van der Waals surface area contributed by atoms with Gasteiger partial charge >= 0.3 is 0 Å². The van der Waals surface area contributed by atoms with Crippen molar-refractivity contribution in [1.82, 2.24) is 9.97 Å². The Hall–Kier alpha value is -0.790. The van der Waals surface area contributed by atoms with Crippen LogP contribution in [0.1, 0.15) is 76.7 Å². The van der Waals surface area contributed by atoms with Crippen LogP contribution in [0.2, 0.25) is 0 Å². The van der Waals surface area contributed by atoms with Gasteiger partial charge < -0.3 is 4.98 Å². The molecule has 0 aliphatic rings. The molecule has 17 heavy (non-hydrogen) atoms. The second-order valence-corrected chi connectivity index (χ2v) is 4.96. The van der Waals surface area contributed by atoms with Crippen LogP contribution >= 0.6 is 0 Å². The number of H-pyrrole nitrogens is 1. The lowest BCUT2D eigenvalue weighted by molar-refractivity contribution is 0.605. The summed E-state index contributed by atoms with van der Waals surface area (Å²) in [6.07, 6.45) is 15.0. The normalized spacial score (nSPS) is 10.9. The number of aryl methyl sites for hydroxylation is 2. The number of aromatic amines is 1. The molecular weight excluding hydrogens is 208 g/mol. The van der Waals surface area contributed by atoms with E-state index in [4.69, 9.17) is 0 Å². The lowest BCUT2D eigenvalue weighted by Crippen LogP contribution is -1.89. The fourth-order valence-corrected chi connectivity index (χ4v) is 2.09. The lowest BCUT2D eigenvalue weighted by Gasteiger charge is -1.98. The summed E-state index contributed by atoms with van der Waals surface area (Å²) in [5, 5.41) is 0. The van der Waals surface area contributed by atoms with Crippen LogP contribution in [0.3, 0.4) is 0 Å². The molecule has 1 N–H and O–H groups in total. The van der Waals surface area contributed by atoms with E-state index in [1.165, 1.54) is 62.9 Å². The second-order valence-electron chi connectivity index (χ2n) is 4.96. The number of unbranched alkanes of at least 4 members (excludes halogenated alkanes) is 6. The highest BCUT2D eigenvalue weighted by Gasteiger charge is 2.00. The SMILES string of the molecule is CCCCCCCCc1c[nH]c(CCCC)n1. The number of aromatic nitrogens is 2. The van der Waals surface area contributed by atoms with Gasteiger partial charge in [-0.1, -0.05) is 52.4 Å². The Bertz CT molecular complexity index is 278. The maximum Gasteiger partial charge on any atom is 0.106 e. The van der Waals surface area contributed by atoms with Gasteiger partial charge in [-0.2, -0.15) is 0 Å². The molecule has 1 rings (SSSR count). The summed E-state index contributed by atoms with van der Waals surface area (Å²) in [7, 11) is 0. The van der Waals surface area contributed by atoms with Crippen molar-refractivity contribution in [3.05, 3.63) is 17.7 Å². The molecule has 0 fully saturated rings. The van der Waals surface area contributed by atoms with E-state index in [0.717, 1.165) is 12.8 Å². The Labute approximate surface area is 106 Å². The monoisotopic (exact) mass is 236 g/mol. The van der Waals surface area contributed by atoms with Gasteiger partial charge in [0.1, 0.15) is 5.82 Å². The molecule has 0 unspecified atom stereocenters. The van der Waals surface area contributed by atoms with E-state index < -0.39 is 0 Å². The molecular formula is C15H28N2. The predicted molar refractivity (Wildman–Crippen MR) is 74.3 cm³/mol. The van der Waals surface area contributed by atoms with E-state index in [9.17, 15) is 0 Å². The van der Waals surface area contributed by atoms with Gasteiger partial charge in [0.05, 0.1) is 5.69 Å². The zero-order valence-electron chi connectivity index (χ0n) is 11.6. The predicted octanol–water partition coefficient (Wildman–Crippen LogP) is 4.66. The van der Waals surface area contributed by atoms with E-state index in [0.29, 0.717) is 0 Å². The number of rotatable bonds is 10. The van der Waals surface area contributed by atoms with Gasteiger partial charge in [0, 0.05) is 12.6 Å². The molecule has 0 saturated heterocycles. The average molecular weight is 236 g/mol. The van der Waals surface area contributed by atoms with Crippen molar-refractivity contribution in [3.63, 3.8) is 0 Å². The van der Waals surface area contributed by atoms with Gasteiger partial charge in [0.15, 0.2) is 0 Å². The van der Waals surface area contributed by atoms with Crippen LogP contribution in [0, 0.1) is 0 Å². The molecule has 0 aliphatic heterocycles. The van der Waals surface area contributed by atoms with Crippen molar-refractivity contribution < 1.29 is 0 Å². The molecule has 2 heteroatoms. The maximum absolute atomic E-state index is 4.63. The van der Waals surface area contributed by atoms with Gasteiger partial charge in [-0.05, 0) is 19.3 Å². The largest absolute Gasteiger partial charge is 0.348 e. The molecule has 0 bridgehead atoms. The Morgan fingerprint density at radius 2 is 1.59 bits per heavy atom. The molecule has 1 heterocycles. The van der Waals surface area contributed by atoms with E-state index in [-0.39, 0.29) is 0 Å². The molecule has 0 aliphatic carbocycles. The molecule has 0 spiro atoms. The van der Waals surface area contributed by atoms with Crippen molar-refractivity contribution in [3.8, 4) is 0 Å². The van der Waals surface area contributed by atoms with Crippen molar-refractivity contribution in [2.75, 3.05) is 0 Å². The Morgan fingerprint density at radius 1 is 0.882 bits per heavy atom. The molecule has 0 radical (unpaired) electrons. The van der Waals surface area contributed by atoms with Gasteiger partial charge in [-0.15, -0.1) is 0 Å². The van der Waals surface area contributed by atoms with Gasteiger partial charge in [-0.25, -0.2) is 4.98 Å². The summed E-state index contributed by atoms with van der Waals surface area (Å²) < 4.78 is 0. The summed E-state index contributed by atoms with van der Waals surface area (Å²) in [6, 6.07) is 0. The van der Waals surface area contributed by atoms with Crippen LogP contribution in [-0.2, 0) is 12.8 Å². The van der Waals surface area contributed by atoms with E-state index in [2.05, 4.69) is 30.0 Å². The van der Waals surface area contributed by atoms with Crippen molar-refractivity contribution in [1.29, 1.82) is 0 Å². The molecule has 0 amide bonds. The van der Waals surface area contributed by atoms with Crippen molar-refractivity contribution in [2.24, 2.45) is 0 Å². The number of nitrogens with one attached hydrogen (secondary N) is 1. The number of imidazole rings is 1. The fraction of sp³-hybridized carbons (Fsp3) is 0.800. The molecule has 0 aromatic carbocycles. The molecule has 0 saturated carbocycles. The third-order valence-corrected chi connectivity index (χ3v) is 3.24. The Kier molecular flexibility index (Phi) is 7.78. The molecule has 1 aromatic rings. The summed E-state index contributed by atoms with van der Waals surface area (Å²) in [4.78, 5) is 7.92. The molecule has 2 nitrogen and oxygen atoms in total. The smallest absolute Gasteiger partial charge is 0.106 e. The first-order valence-corrected chi connectivity index (χ1v) is 7.40. The van der Waals surface area contributed by atoms with E-state index in [1.54, 1.807) is 0 Å². The zero-order valence-corrected chi connectivity index (χ0v) is 11.6. The topological polar surface area (TPSA) is 28.7 Å². The number of hydrogen-bond acceptors (Lipinski definition) is 1. The minimum atomic E-state index is 1.10. The van der Waals surface area contributed by atoms with Gasteiger partial charge in [0.2, 0.25) is 0 Å². The Balaban J connectivity index is 2.08. The summed E-state index contributed by atoms with van der Waals surface area (Å²) in [5.74, 6) is 1.17. The first kappa shape index (κ1) is 14.3. The highest BCUT2D eigenvalue weighted by Crippen LogP contribution is 2.09. The van der Waals surface area contributed by atoms with Crippen LogP contribution < -0.4 is 0 Å². The molecule has 1 aromatic heterocycles. The quantitative estimate of drug-likeness (QED) is 0.588. The van der Waals surface area contributed by atoms with E-state index in [1.807, 2.05) is 0 Å². The van der Waals surface area contributed by atoms with Crippen LogP contribution in [0.25, 0.3) is 0 Å². The zero-order chi connectivity index (χ0) is 12.3. The number of hydrogen-bond donors (Lipinski definition) is 1. The molecule has 0 atom stereocenters. The third kappa shape index (κ3) is 6.50. The summed E-state index contributed by atoms with van der Waals surface area (Å²) in [6.45, 7) is 4.49. The van der Waals surface area contributed by atoms with E-state index >= 15 is 0 Å². The van der Waals surface area contributed by atoms with Gasteiger partial charge in [0.25, 0.3) is 0 Å². The second kappa shape index (κ2) is 9.26. The van der Waals surface area contributed by atoms with Crippen molar-refractivity contribution >= 4 is 0 Å². The lowest BCUT2D eigenvalue weighted by atomic mass is 10.1. The average Bonchev–Trinajstić information content (AvgIpc) is 2.79. The maximum atomic E-state index is 4.63.